The number of nitro groups is 1. The molecule has 0 amide bonds. The second-order valence-electron chi connectivity index (χ2n) is 5.86. The van der Waals surface area contributed by atoms with Crippen LogP contribution in [-0.2, 0) is 0 Å². The molecule has 3 rings (SSSR count). The molecule has 8 heteroatoms. The highest BCUT2D eigenvalue weighted by atomic mass is 16.6. The third-order valence-corrected chi connectivity index (χ3v) is 3.89. The first-order valence-corrected chi connectivity index (χ1v) is 7.67. The van der Waals surface area contributed by atoms with Crippen LogP contribution >= 0.6 is 0 Å². The molecule has 8 nitrogen and oxygen atoms in total. The van der Waals surface area contributed by atoms with Crippen molar-refractivity contribution >= 4 is 28.7 Å². The molecular formula is C17H16N4O4. The molecule has 0 unspecified atom stereocenters. The van der Waals surface area contributed by atoms with Gasteiger partial charge in [-0.05, 0) is 26.0 Å². The van der Waals surface area contributed by atoms with Gasteiger partial charge in [0.2, 0.25) is 0 Å². The number of aromatic amines is 2. The van der Waals surface area contributed by atoms with Gasteiger partial charge in [0.05, 0.1) is 4.92 Å². The van der Waals surface area contributed by atoms with Crippen molar-refractivity contribution in [1.82, 2.24) is 14.5 Å². The molecule has 3 aromatic rings. The Hall–Kier alpha value is -3.42. The summed E-state index contributed by atoms with van der Waals surface area (Å²) in [6.45, 7) is 4.11. The number of nitrogens with zero attached hydrogens (tertiary/aromatic N) is 2. The molecule has 128 valence electrons. The molecule has 0 radical (unpaired) electrons. The number of H-pyrrole nitrogens is 2. The molecule has 2 aromatic heterocycles. The van der Waals surface area contributed by atoms with Crippen molar-refractivity contribution in [1.29, 1.82) is 0 Å². The normalized spacial score (nSPS) is 11.6. The van der Waals surface area contributed by atoms with Crippen LogP contribution in [0, 0.1) is 10.1 Å². The van der Waals surface area contributed by atoms with Crippen molar-refractivity contribution < 1.29 is 4.92 Å². The Morgan fingerprint density at radius 2 is 1.88 bits per heavy atom. The minimum Gasteiger partial charge on any atom is -0.344 e. The zero-order valence-corrected chi connectivity index (χ0v) is 13.6. The molecular weight excluding hydrogens is 324 g/mol. The second kappa shape index (κ2) is 6.23. The zero-order valence-electron chi connectivity index (χ0n) is 13.6. The van der Waals surface area contributed by atoms with Gasteiger partial charge in [0.25, 0.3) is 0 Å². The quantitative estimate of drug-likeness (QED) is 0.561. The monoisotopic (exact) mass is 340 g/mol. The van der Waals surface area contributed by atoms with Gasteiger partial charge in [-0.3, -0.25) is 19.9 Å². The topological polar surface area (TPSA) is 114 Å². The van der Waals surface area contributed by atoms with Crippen molar-refractivity contribution in [2.45, 2.75) is 19.9 Å². The first-order valence-electron chi connectivity index (χ1n) is 7.67. The lowest BCUT2D eigenvalue weighted by atomic mass is 10.1. The van der Waals surface area contributed by atoms with Crippen molar-refractivity contribution in [2.75, 3.05) is 0 Å². The molecule has 0 fully saturated rings. The Kier molecular flexibility index (Phi) is 4.10. The van der Waals surface area contributed by atoms with Gasteiger partial charge in [-0.2, -0.15) is 0 Å². The lowest BCUT2D eigenvalue weighted by Crippen LogP contribution is -2.25. The van der Waals surface area contributed by atoms with Gasteiger partial charge in [-0.15, -0.1) is 0 Å². The zero-order chi connectivity index (χ0) is 18.1. The Morgan fingerprint density at radius 1 is 1.16 bits per heavy atom. The van der Waals surface area contributed by atoms with E-state index in [1.165, 1.54) is 6.08 Å². The summed E-state index contributed by atoms with van der Waals surface area (Å²) >= 11 is 0. The maximum absolute atomic E-state index is 11.7. The van der Waals surface area contributed by atoms with Gasteiger partial charge < -0.3 is 9.55 Å². The molecule has 0 atom stereocenters. The van der Waals surface area contributed by atoms with E-state index in [2.05, 4.69) is 23.4 Å². The van der Waals surface area contributed by atoms with Crippen LogP contribution in [0.25, 0.3) is 23.1 Å². The molecule has 0 aliphatic carbocycles. The average Bonchev–Trinajstić information content (AvgIpc) is 2.91. The summed E-state index contributed by atoms with van der Waals surface area (Å²) in [5, 5.41) is 12.1. The molecule has 25 heavy (non-hydrogen) atoms. The summed E-state index contributed by atoms with van der Waals surface area (Å²) < 4.78 is 2.09. The Balaban J connectivity index is 2.16. The summed E-state index contributed by atoms with van der Waals surface area (Å²) in [6, 6.07) is 8.02. The highest BCUT2D eigenvalue weighted by molar-refractivity contribution is 5.92. The van der Waals surface area contributed by atoms with Gasteiger partial charge in [-0.25, -0.2) is 4.79 Å². The lowest BCUT2D eigenvalue weighted by Gasteiger charge is -2.08. The smallest absolute Gasteiger partial charge is 0.344 e. The van der Waals surface area contributed by atoms with Crippen molar-refractivity contribution in [3.63, 3.8) is 0 Å². The SMILES string of the molecule is CC(C)n1cc(/C=C/c2[nH]c(=O)[nH]c(=O)c2[N+](=O)[O-])c2ccccc21. The van der Waals surface area contributed by atoms with Gasteiger partial charge in [0, 0.05) is 28.7 Å². The van der Waals surface area contributed by atoms with Crippen LogP contribution in [0.2, 0.25) is 0 Å². The molecule has 0 saturated heterocycles. The van der Waals surface area contributed by atoms with E-state index < -0.39 is 21.9 Å². The number of fused-ring (bicyclic) bond motifs is 1. The predicted molar refractivity (Wildman–Crippen MR) is 95.6 cm³/mol. The van der Waals surface area contributed by atoms with Crippen LogP contribution in [0.3, 0.4) is 0 Å². The third kappa shape index (κ3) is 3.01. The van der Waals surface area contributed by atoms with E-state index in [1.807, 2.05) is 35.4 Å². The fourth-order valence-corrected chi connectivity index (χ4v) is 2.76. The maximum atomic E-state index is 11.7. The van der Waals surface area contributed by atoms with E-state index in [9.17, 15) is 19.7 Å². The number of benzene rings is 1. The number of para-hydroxylation sites is 1. The molecule has 2 N–H and O–H groups in total. The molecule has 0 aliphatic heterocycles. The Bertz CT molecular complexity index is 1100. The number of nitrogens with one attached hydrogen (secondary N) is 2. The molecule has 2 heterocycles. The van der Waals surface area contributed by atoms with Gasteiger partial charge in [0.1, 0.15) is 5.69 Å². The number of rotatable bonds is 4. The summed E-state index contributed by atoms with van der Waals surface area (Å²) in [7, 11) is 0. The molecule has 0 aliphatic rings. The van der Waals surface area contributed by atoms with E-state index >= 15 is 0 Å². The molecule has 0 bridgehead atoms. The number of hydrogen-bond donors (Lipinski definition) is 2. The highest BCUT2D eigenvalue weighted by Gasteiger charge is 2.19. The maximum Gasteiger partial charge on any atom is 0.357 e. The van der Waals surface area contributed by atoms with Crippen molar-refractivity contribution in [2.24, 2.45) is 0 Å². The van der Waals surface area contributed by atoms with E-state index in [0.29, 0.717) is 0 Å². The molecule has 0 spiro atoms. The molecule has 1 aromatic carbocycles. The number of hydrogen-bond acceptors (Lipinski definition) is 4. The largest absolute Gasteiger partial charge is 0.357 e. The van der Waals surface area contributed by atoms with E-state index in [1.54, 1.807) is 6.08 Å². The second-order valence-corrected chi connectivity index (χ2v) is 5.86. The summed E-state index contributed by atoms with van der Waals surface area (Å²) in [6.07, 6.45) is 4.96. The van der Waals surface area contributed by atoms with Crippen LogP contribution in [0.15, 0.2) is 40.1 Å². The summed E-state index contributed by atoms with van der Waals surface area (Å²) in [5.41, 5.74) is -0.785. The van der Waals surface area contributed by atoms with Crippen LogP contribution in [0.1, 0.15) is 31.1 Å². The first-order chi connectivity index (χ1) is 11.9. The fourth-order valence-electron chi connectivity index (χ4n) is 2.76. The minimum absolute atomic E-state index is 0.139. The summed E-state index contributed by atoms with van der Waals surface area (Å²) in [4.78, 5) is 37.5. The average molecular weight is 340 g/mol. The van der Waals surface area contributed by atoms with Crippen LogP contribution in [-0.4, -0.2) is 19.5 Å². The fraction of sp³-hybridized carbons (Fsp3) is 0.176. The predicted octanol–water partition coefficient (Wildman–Crippen LogP) is 2.68. The van der Waals surface area contributed by atoms with E-state index in [-0.39, 0.29) is 11.7 Å². The van der Waals surface area contributed by atoms with Gasteiger partial charge >= 0.3 is 16.9 Å². The molecule has 0 saturated carbocycles. The van der Waals surface area contributed by atoms with Crippen molar-refractivity contribution in [3.05, 3.63) is 72.7 Å². The van der Waals surface area contributed by atoms with E-state index in [0.717, 1.165) is 16.5 Å². The standard InChI is InChI=1S/C17H16N4O4/c1-10(2)20-9-11(12-5-3-4-6-14(12)20)7-8-13-15(21(24)25)16(22)19-17(23)18-13/h3-10H,1-2H3,(H2,18,19,22,23)/b8-7+. The number of aromatic nitrogens is 3. The first kappa shape index (κ1) is 16.4. The van der Waals surface area contributed by atoms with Crippen LogP contribution < -0.4 is 11.2 Å². The third-order valence-electron chi connectivity index (χ3n) is 3.89. The minimum atomic E-state index is -1.03. The van der Waals surface area contributed by atoms with Crippen LogP contribution in [0.4, 0.5) is 5.69 Å². The Morgan fingerprint density at radius 3 is 2.56 bits per heavy atom. The highest BCUT2D eigenvalue weighted by Crippen LogP contribution is 2.26. The van der Waals surface area contributed by atoms with Gasteiger partial charge in [-0.1, -0.05) is 24.3 Å². The Labute approximate surface area is 141 Å². The van der Waals surface area contributed by atoms with Gasteiger partial charge in [0.15, 0.2) is 0 Å². The summed E-state index contributed by atoms with van der Waals surface area (Å²) in [5.74, 6) is 0. The lowest BCUT2D eigenvalue weighted by molar-refractivity contribution is -0.386. The van der Waals surface area contributed by atoms with Crippen LogP contribution in [0.5, 0.6) is 0 Å². The van der Waals surface area contributed by atoms with Crippen molar-refractivity contribution in [3.8, 4) is 0 Å². The van der Waals surface area contributed by atoms with E-state index in [4.69, 9.17) is 0 Å².